The van der Waals surface area contributed by atoms with Gasteiger partial charge < -0.3 is 5.32 Å². The molecule has 1 aliphatic carbocycles. The average Bonchev–Trinajstić information content (AvgIpc) is 3.36. The number of nitrogens with zero attached hydrogens (tertiary/aromatic N) is 4. The molecule has 1 amide bonds. The fourth-order valence-corrected chi connectivity index (χ4v) is 3.06. The molecule has 0 spiro atoms. The van der Waals surface area contributed by atoms with Gasteiger partial charge in [-0.1, -0.05) is 11.6 Å². The number of aromatic nitrogens is 4. The van der Waals surface area contributed by atoms with Crippen molar-refractivity contribution < 1.29 is 9.18 Å². The maximum absolute atomic E-state index is 13.8. The van der Waals surface area contributed by atoms with Crippen LogP contribution in [0.3, 0.4) is 0 Å². The lowest BCUT2D eigenvalue weighted by molar-refractivity contribution is 0.0933. The number of halogens is 2. The summed E-state index contributed by atoms with van der Waals surface area (Å²) in [6.07, 6.45) is 5.09. The molecular weight excluding hydrogens is 357 g/mol. The van der Waals surface area contributed by atoms with Crippen LogP contribution in [0.5, 0.6) is 0 Å². The van der Waals surface area contributed by atoms with E-state index in [4.69, 9.17) is 11.6 Å². The van der Waals surface area contributed by atoms with E-state index in [9.17, 15) is 9.18 Å². The number of imidazole rings is 1. The molecule has 0 radical (unpaired) electrons. The first-order chi connectivity index (χ1) is 12.4. The predicted molar refractivity (Wildman–Crippen MR) is 95.6 cm³/mol. The minimum Gasteiger partial charge on any atom is -0.348 e. The number of hydrogen-bond donors (Lipinski definition) is 1. The fraction of sp³-hybridized carbons (Fsp3) is 0.333. The monoisotopic (exact) mass is 373 g/mol. The predicted octanol–water partition coefficient (Wildman–Crippen LogP) is 3.42. The van der Waals surface area contributed by atoms with Crippen LogP contribution in [-0.2, 0) is 0 Å². The lowest BCUT2D eigenvalue weighted by Crippen LogP contribution is -2.34. The van der Waals surface area contributed by atoms with Crippen molar-refractivity contribution in [3.8, 4) is 11.4 Å². The molecule has 0 bridgehead atoms. The van der Waals surface area contributed by atoms with Gasteiger partial charge in [0.2, 0.25) is 0 Å². The van der Waals surface area contributed by atoms with E-state index < -0.39 is 5.82 Å². The highest BCUT2D eigenvalue weighted by atomic mass is 35.5. The van der Waals surface area contributed by atoms with Crippen LogP contribution in [-0.4, -0.2) is 31.3 Å². The molecule has 1 aliphatic rings. The van der Waals surface area contributed by atoms with Crippen LogP contribution >= 0.6 is 11.6 Å². The fourth-order valence-electron chi connectivity index (χ4n) is 2.96. The zero-order valence-corrected chi connectivity index (χ0v) is 15.1. The largest absolute Gasteiger partial charge is 0.348 e. The summed E-state index contributed by atoms with van der Waals surface area (Å²) < 4.78 is 15.5. The maximum Gasteiger partial charge on any atom is 0.274 e. The van der Waals surface area contributed by atoms with E-state index >= 15 is 0 Å². The number of rotatable bonds is 4. The number of carbonyl (C=O) groups excluding carboxylic acids is 1. The molecule has 0 aromatic carbocycles. The lowest BCUT2D eigenvalue weighted by Gasteiger charge is -2.11. The highest BCUT2D eigenvalue weighted by Gasteiger charge is 2.30. The number of hydrogen-bond acceptors (Lipinski definition) is 4. The van der Waals surface area contributed by atoms with Crippen molar-refractivity contribution in [1.82, 2.24) is 24.7 Å². The van der Waals surface area contributed by atoms with E-state index in [1.54, 1.807) is 16.8 Å². The lowest BCUT2D eigenvalue weighted by atomic mass is 10.2. The number of aryl methyl sites for hydroxylation is 1. The summed E-state index contributed by atoms with van der Waals surface area (Å²) in [7, 11) is 0. The Balaban J connectivity index is 1.74. The molecule has 26 heavy (non-hydrogen) atoms. The van der Waals surface area contributed by atoms with Gasteiger partial charge in [0.15, 0.2) is 11.3 Å². The number of carbonyl (C=O) groups is 1. The third-order valence-corrected chi connectivity index (χ3v) is 4.95. The van der Waals surface area contributed by atoms with Crippen molar-refractivity contribution in [2.75, 3.05) is 0 Å². The van der Waals surface area contributed by atoms with E-state index in [1.165, 1.54) is 12.3 Å². The summed E-state index contributed by atoms with van der Waals surface area (Å²) in [5.74, 6) is -0.286. The van der Waals surface area contributed by atoms with E-state index in [0.717, 1.165) is 18.5 Å². The van der Waals surface area contributed by atoms with Crippen molar-refractivity contribution in [3.05, 3.63) is 46.9 Å². The highest BCUT2D eigenvalue weighted by molar-refractivity contribution is 6.30. The second-order valence-electron chi connectivity index (χ2n) is 6.65. The van der Waals surface area contributed by atoms with Gasteiger partial charge in [0.05, 0.1) is 16.4 Å². The molecule has 3 heterocycles. The molecular formula is C18H17ClFN5O. The summed E-state index contributed by atoms with van der Waals surface area (Å²) >= 11 is 5.70. The minimum atomic E-state index is -0.569. The van der Waals surface area contributed by atoms with Gasteiger partial charge in [-0.25, -0.2) is 14.4 Å². The molecule has 134 valence electrons. The van der Waals surface area contributed by atoms with Gasteiger partial charge in [0.1, 0.15) is 12.1 Å². The van der Waals surface area contributed by atoms with Crippen LogP contribution in [0.15, 0.2) is 24.7 Å². The first-order valence-corrected chi connectivity index (χ1v) is 8.79. The summed E-state index contributed by atoms with van der Waals surface area (Å²) in [5.41, 5.74) is 2.27. The van der Waals surface area contributed by atoms with Crippen molar-refractivity contribution >= 4 is 23.2 Å². The summed E-state index contributed by atoms with van der Waals surface area (Å²) in [5, 5.41) is 2.93. The normalized spacial score (nSPS) is 15.2. The first-order valence-electron chi connectivity index (χ1n) is 8.41. The van der Waals surface area contributed by atoms with E-state index in [2.05, 4.69) is 20.3 Å². The molecule has 0 aliphatic heterocycles. The average molecular weight is 374 g/mol. The van der Waals surface area contributed by atoms with Crippen molar-refractivity contribution in [1.29, 1.82) is 0 Å². The highest BCUT2D eigenvalue weighted by Crippen LogP contribution is 2.32. The number of pyridine rings is 1. The molecule has 3 aromatic rings. The smallest absolute Gasteiger partial charge is 0.274 e. The van der Waals surface area contributed by atoms with Crippen molar-refractivity contribution in [2.24, 2.45) is 5.92 Å². The van der Waals surface area contributed by atoms with Crippen molar-refractivity contribution in [3.63, 3.8) is 0 Å². The topological polar surface area (TPSA) is 72.2 Å². The van der Waals surface area contributed by atoms with Gasteiger partial charge >= 0.3 is 0 Å². The number of nitrogens with one attached hydrogen (secondary N) is 1. The van der Waals surface area contributed by atoms with Crippen LogP contribution in [0.25, 0.3) is 17.0 Å². The van der Waals surface area contributed by atoms with Crippen LogP contribution < -0.4 is 5.32 Å². The molecule has 8 heteroatoms. The summed E-state index contributed by atoms with van der Waals surface area (Å²) in [6.45, 7) is 3.86. The summed E-state index contributed by atoms with van der Waals surface area (Å²) in [6, 6.07) is 3.10. The van der Waals surface area contributed by atoms with Crippen LogP contribution in [0.4, 0.5) is 4.39 Å². The molecule has 0 unspecified atom stereocenters. The molecule has 4 rings (SSSR count). The van der Waals surface area contributed by atoms with E-state index in [-0.39, 0.29) is 22.7 Å². The Morgan fingerprint density at radius 1 is 1.35 bits per heavy atom. The Labute approximate surface area is 154 Å². The Morgan fingerprint density at radius 2 is 2.12 bits per heavy atom. The third-order valence-electron chi connectivity index (χ3n) is 4.67. The van der Waals surface area contributed by atoms with Gasteiger partial charge in [-0.3, -0.25) is 14.2 Å². The van der Waals surface area contributed by atoms with Gasteiger partial charge in [-0.2, -0.15) is 0 Å². The van der Waals surface area contributed by atoms with Gasteiger partial charge in [-0.15, -0.1) is 0 Å². The quantitative estimate of drug-likeness (QED) is 0.760. The molecule has 6 nitrogen and oxygen atoms in total. The molecule has 1 N–H and O–H groups in total. The standard InChI is InChI=1S/C18H17ClFN5O/c1-9-5-15(14-6-13(20)12(19)7-21-14)24-17-16(22-8-25(9)17)18(26)23-10(2)11-3-4-11/h5-8,10-11H,3-4H2,1-2H3,(H,23,26)/t10-/m0/s1. The van der Waals surface area contributed by atoms with E-state index in [1.807, 2.05) is 13.8 Å². The Kier molecular flexibility index (Phi) is 4.11. The Bertz CT molecular complexity index is 1010. The van der Waals surface area contributed by atoms with Crippen LogP contribution in [0.2, 0.25) is 5.02 Å². The minimum absolute atomic E-state index is 0.0509. The maximum atomic E-state index is 13.8. The number of fused-ring (bicyclic) bond motifs is 1. The SMILES string of the molecule is Cc1cc(-c2cc(F)c(Cl)cn2)nc2c(C(=O)N[C@@H](C)C3CC3)ncn12. The molecule has 1 saturated carbocycles. The molecule has 1 atom stereocenters. The van der Waals surface area contributed by atoms with Gasteiger partial charge in [0, 0.05) is 24.0 Å². The second kappa shape index (κ2) is 6.32. The van der Waals surface area contributed by atoms with Crippen LogP contribution in [0.1, 0.15) is 35.9 Å². The molecule has 0 saturated heterocycles. The molecule has 3 aromatic heterocycles. The Morgan fingerprint density at radius 3 is 2.81 bits per heavy atom. The third kappa shape index (κ3) is 3.03. The van der Waals surface area contributed by atoms with E-state index in [0.29, 0.717) is 23.0 Å². The second-order valence-corrected chi connectivity index (χ2v) is 7.06. The Hall–Kier alpha value is -2.54. The van der Waals surface area contributed by atoms with Gasteiger partial charge in [0.25, 0.3) is 5.91 Å². The van der Waals surface area contributed by atoms with Crippen LogP contribution in [0, 0.1) is 18.7 Å². The van der Waals surface area contributed by atoms with Crippen molar-refractivity contribution in [2.45, 2.75) is 32.7 Å². The number of amides is 1. The zero-order valence-electron chi connectivity index (χ0n) is 14.3. The molecule has 1 fully saturated rings. The van der Waals surface area contributed by atoms with Gasteiger partial charge in [-0.05, 0) is 38.7 Å². The first kappa shape index (κ1) is 16.9. The summed E-state index contributed by atoms with van der Waals surface area (Å²) in [4.78, 5) is 25.5. The zero-order chi connectivity index (χ0) is 18.4.